The third kappa shape index (κ3) is 5.07. The summed E-state index contributed by atoms with van der Waals surface area (Å²) in [6.45, 7) is 6.49. The Morgan fingerprint density at radius 2 is 2.30 bits per heavy atom. The number of aromatic nitrogens is 2. The molecule has 2 amide bonds. The molecule has 8 nitrogen and oxygen atoms in total. The van der Waals surface area contributed by atoms with Gasteiger partial charge in [0.1, 0.15) is 12.2 Å². The molecule has 150 valence electrons. The van der Waals surface area contributed by atoms with Gasteiger partial charge >= 0.3 is 0 Å². The van der Waals surface area contributed by atoms with Crippen molar-refractivity contribution in [3.05, 3.63) is 18.0 Å². The third-order valence-corrected chi connectivity index (χ3v) is 5.15. The molecule has 0 radical (unpaired) electrons. The summed E-state index contributed by atoms with van der Waals surface area (Å²) in [5.41, 5.74) is 0.554. The molecule has 3 atom stereocenters. The fourth-order valence-electron chi connectivity index (χ4n) is 3.57. The van der Waals surface area contributed by atoms with Crippen LogP contribution in [0.1, 0.15) is 38.2 Å². The van der Waals surface area contributed by atoms with Gasteiger partial charge < -0.3 is 19.7 Å². The number of hydrogen-bond donors (Lipinski definition) is 1. The van der Waals surface area contributed by atoms with Crippen molar-refractivity contribution >= 4 is 11.8 Å². The molecule has 0 aromatic carbocycles. The summed E-state index contributed by atoms with van der Waals surface area (Å²) in [5.74, 6) is 0.329. The average Bonchev–Trinajstić information content (AvgIpc) is 3.33. The van der Waals surface area contributed by atoms with Crippen molar-refractivity contribution in [2.45, 2.75) is 38.2 Å². The van der Waals surface area contributed by atoms with Crippen LogP contribution in [0, 0.1) is 5.92 Å². The third-order valence-electron chi connectivity index (χ3n) is 5.15. The van der Waals surface area contributed by atoms with Gasteiger partial charge in [0.25, 0.3) is 0 Å². The van der Waals surface area contributed by atoms with Gasteiger partial charge in [-0.2, -0.15) is 5.10 Å². The van der Waals surface area contributed by atoms with Gasteiger partial charge in [0, 0.05) is 38.9 Å². The molecule has 0 spiro atoms. The van der Waals surface area contributed by atoms with Crippen LogP contribution in [0.25, 0.3) is 0 Å². The van der Waals surface area contributed by atoms with Crippen LogP contribution < -0.4 is 5.32 Å². The maximum atomic E-state index is 12.9. The number of carbonyl (C=O) groups is 2. The Bertz CT molecular complexity index is 676. The number of aryl methyl sites for hydroxylation is 1. The zero-order valence-electron chi connectivity index (χ0n) is 16.4. The monoisotopic (exact) mass is 378 g/mol. The molecule has 1 N–H and O–H groups in total. The second-order valence-corrected chi connectivity index (χ2v) is 7.78. The Morgan fingerprint density at radius 1 is 1.48 bits per heavy atom. The standard InChI is InChI=1S/C19H30N4O4/c1-4-6-26-11-17(24)20-12-19(2)13-23(5-7-27-19)18(25)16-8-15(16)14-9-21-22(3)10-14/h9-10,15-16H,4-8,11-13H2,1-3H3,(H,20,24)/t15-,16+,19?/m0/s1. The van der Waals surface area contributed by atoms with E-state index in [-0.39, 0.29) is 30.3 Å². The van der Waals surface area contributed by atoms with Crippen molar-refractivity contribution in [1.82, 2.24) is 20.0 Å². The van der Waals surface area contributed by atoms with Gasteiger partial charge in [-0.05, 0) is 31.2 Å². The minimum Gasteiger partial charge on any atom is -0.372 e. The smallest absolute Gasteiger partial charge is 0.246 e. The quantitative estimate of drug-likeness (QED) is 0.673. The lowest BCUT2D eigenvalue weighted by Crippen LogP contribution is -2.57. The molecular weight excluding hydrogens is 348 g/mol. The van der Waals surface area contributed by atoms with Crippen molar-refractivity contribution in [2.24, 2.45) is 13.0 Å². The van der Waals surface area contributed by atoms with Crippen molar-refractivity contribution in [1.29, 1.82) is 0 Å². The molecule has 27 heavy (non-hydrogen) atoms. The van der Waals surface area contributed by atoms with Crippen LogP contribution in [0.5, 0.6) is 0 Å². The number of amides is 2. The highest BCUT2D eigenvalue weighted by Gasteiger charge is 2.48. The first kappa shape index (κ1) is 19.8. The topological polar surface area (TPSA) is 85.7 Å². The van der Waals surface area contributed by atoms with E-state index in [1.165, 1.54) is 0 Å². The molecule has 1 aromatic heterocycles. The zero-order chi connectivity index (χ0) is 19.4. The van der Waals surface area contributed by atoms with E-state index in [0.29, 0.717) is 32.8 Å². The molecule has 2 aliphatic rings. The minimum atomic E-state index is -0.576. The number of nitrogens with zero attached hydrogens (tertiary/aromatic N) is 3. The molecule has 1 aromatic rings. The number of rotatable bonds is 8. The Kier molecular flexibility index (Phi) is 6.16. The molecule has 1 saturated carbocycles. The summed E-state index contributed by atoms with van der Waals surface area (Å²) in [5, 5.41) is 7.05. The van der Waals surface area contributed by atoms with Crippen molar-refractivity contribution in [3.8, 4) is 0 Å². The van der Waals surface area contributed by atoms with Crippen LogP contribution in [0.2, 0.25) is 0 Å². The highest BCUT2D eigenvalue weighted by atomic mass is 16.5. The molecule has 2 fully saturated rings. The summed E-state index contributed by atoms with van der Waals surface area (Å²) >= 11 is 0. The van der Waals surface area contributed by atoms with Gasteiger partial charge in [0.2, 0.25) is 11.8 Å². The second-order valence-electron chi connectivity index (χ2n) is 7.78. The molecule has 0 bridgehead atoms. The first-order valence-corrected chi connectivity index (χ1v) is 9.67. The predicted octanol–water partition coefficient (Wildman–Crippen LogP) is 0.684. The Labute approximate surface area is 160 Å². The largest absolute Gasteiger partial charge is 0.372 e. The fraction of sp³-hybridized carbons (Fsp3) is 0.737. The van der Waals surface area contributed by atoms with Gasteiger partial charge in [0.05, 0.1) is 19.3 Å². The van der Waals surface area contributed by atoms with Gasteiger partial charge in [-0.3, -0.25) is 14.3 Å². The molecule has 1 aliphatic carbocycles. The number of morpholine rings is 1. The van der Waals surface area contributed by atoms with Crippen LogP contribution >= 0.6 is 0 Å². The van der Waals surface area contributed by atoms with Crippen molar-refractivity contribution < 1.29 is 19.1 Å². The van der Waals surface area contributed by atoms with Crippen LogP contribution in [0.4, 0.5) is 0 Å². The van der Waals surface area contributed by atoms with Gasteiger partial charge in [-0.25, -0.2) is 0 Å². The molecule has 1 aliphatic heterocycles. The maximum Gasteiger partial charge on any atom is 0.246 e. The summed E-state index contributed by atoms with van der Waals surface area (Å²) < 4.78 is 12.9. The van der Waals surface area contributed by atoms with Gasteiger partial charge in [0.15, 0.2) is 0 Å². The first-order chi connectivity index (χ1) is 12.9. The van der Waals surface area contributed by atoms with E-state index in [2.05, 4.69) is 10.4 Å². The number of hydrogen-bond acceptors (Lipinski definition) is 5. The summed E-state index contributed by atoms with van der Waals surface area (Å²) in [6.07, 6.45) is 5.59. The van der Waals surface area contributed by atoms with E-state index in [4.69, 9.17) is 9.47 Å². The van der Waals surface area contributed by atoms with Crippen LogP contribution in [-0.2, 0) is 26.1 Å². The lowest BCUT2D eigenvalue weighted by atomic mass is 10.0. The van der Waals surface area contributed by atoms with E-state index in [1.54, 1.807) is 4.68 Å². The Hall–Kier alpha value is -1.93. The second kappa shape index (κ2) is 8.39. The maximum absolute atomic E-state index is 12.9. The summed E-state index contributed by atoms with van der Waals surface area (Å²) in [4.78, 5) is 26.6. The van der Waals surface area contributed by atoms with E-state index in [9.17, 15) is 9.59 Å². The molecule has 8 heteroatoms. The average molecular weight is 378 g/mol. The van der Waals surface area contributed by atoms with Gasteiger partial charge in [-0.1, -0.05) is 6.92 Å². The SMILES string of the molecule is CCCOCC(=O)NCC1(C)CN(C(=O)[C@@H]2C[C@H]2c2cnn(C)c2)CCO1. The van der Waals surface area contributed by atoms with E-state index in [0.717, 1.165) is 18.4 Å². The lowest BCUT2D eigenvalue weighted by molar-refractivity contribution is -0.150. The highest BCUT2D eigenvalue weighted by molar-refractivity contribution is 5.83. The molecule has 1 unspecified atom stereocenters. The molecule has 3 rings (SSSR count). The summed E-state index contributed by atoms with van der Waals surface area (Å²) in [6, 6.07) is 0. The van der Waals surface area contributed by atoms with Crippen LogP contribution in [0.15, 0.2) is 12.4 Å². The normalized spacial score (nSPS) is 27.4. The van der Waals surface area contributed by atoms with E-state index < -0.39 is 5.60 Å². The van der Waals surface area contributed by atoms with Crippen LogP contribution in [0.3, 0.4) is 0 Å². The van der Waals surface area contributed by atoms with E-state index in [1.807, 2.05) is 38.2 Å². The highest BCUT2D eigenvalue weighted by Crippen LogP contribution is 2.48. The molecule has 1 saturated heterocycles. The first-order valence-electron chi connectivity index (χ1n) is 9.67. The zero-order valence-corrected chi connectivity index (χ0v) is 16.4. The molecular formula is C19H30N4O4. The minimum absolute atomic E-state index is 0.0357. The number of ether oxygens (including phenoxy) is 2. The predicted molar refractivity (Wildman–Crippen MR) is 99.1 cm³/mol. The fourth-order valence-corrected chi connectivity index (χ4v) is 3.57. The van der Waals surface area contributed by atoms with Crippen LogP contribution in [-0.4, -0.2) is 71.6 Å². The number of nitrogens with one attached hydrogen (secondary N) is 1. The lowest BCUT2D eigenvalue weighted by Gasteiger charge is -2.40. The number of carbonyl (C=O) groups excluding carboxylic acids is 2. The Morgan fingerprint density at radius 3 is 3.00 bits per heavy atom. The van der Waals surface area contributed by atoms with Gasteiger partial charge in [-0.15, -0.1) is 0 Å². The van der Waals surface area contributed by atoms with Crippen molar-refractivity contribution in [2.75, 3.05) is 39.5 Å². The van der Waals surface area contributed by atoms with Crippen molar-refractivity contribution in [3.63, 3.8) is 0 Å². The Balaban J connectivity index is 1.48. The molecule has 2 heterocycles. The summed E-state index contributed by atoms with van der Waals surface area (Å²) in [7, 11) is 1.89. The van der Waals surface area contributed by atoms with E-state index >= 15 is 0 Å².